The Kier molecular flexibility index (Phi) is 9.05. The third-order valence-corrected chi connectivity index (χ3v) is 5.91. The Bertz CT molecular complexity index is 819. The Hall–Kier alpha value is -1.98. The zero-order valence-corrected chi connectivity index (χ0v) is 19.1. The van der Waals surface area contributed by atoms with Gasteiger partial charge in [0.1, 0.15) is 6.04 Å². The number of amides is 2. The van der Waals surface area contributed by atoms with Crippen molar-refractivity contribution in [2.75, 3.05) is 12.8 Å². The molecule has 0 bridgehead atoms. The van der Waals surface area contributed by atoms with Crippen LogP contribution in [0.25, 0.3) is 0 Å². The van der Waals surface area contributed by atoms with E-state index < -0.39 is 6.04 Å². The number of likely N-dealkylation sites (N-methyl/N-ethyl adjacent to an activating group) is 1. The molecule has 156 valence electrons. The predicted molar refractivity (Wildman–Crippen MR) is 122 cm³/mol. The average Bonchev–Trinajstić information content (AvgIpc) is 2.68. The highest BCUT2D eigenvalue weighted by Crippen LogP contribution is 2.19. The van der Waals surface area contributed by atoms with Gasteiger partial charge in [-0.25, -0.2) is 0 Å². The van der Waals surface area contributed by atoms with Crippen molar-refractivity contribution in [3.8, 4) is 0 Å². The van der Waals surface area contributed by atoms with Gasteiger partial charge in [0.05, 0.1) is 5.75 Å². The summed E-state index contributed by atoms with van der Waals surface area (Å²) in [4.78, 5) is 27.1. The summed E-state index contributed by atoms with van der Waals surface area (Å²) < 4.78 is 0. The van der Waals surface area contributed by atoms with Gasteiger partial charge < -0.3 is 10.2 Å². The molecular weight excluding hydrogens is 404 g/mol. The molecule has 2 rings (SSSR count). The van der Waals surface area contributed by atoms with E-state index in [1.54, 1.807) is 35.8 Å². The van der Waals surface area contributed by atoms with Crippen molar-refractivity contribution in [1.29, 1.82) is 0 Å². The molecule has 1 atom stereocenters. The van der Waals surface area contributed by atoms with Crippen LogP contribution < -0.4 is 5.32 Å². The number of nitrogens with zero attached hydrogens (tertiary/aromatic N) is 1. The summed E-state index contributed by atoms with van der Waals surface area (Å²) in [5.74, 6) is 0.910. The summed E-state index contributed by atoms with van der Waals surface area (Å²) in [5.41, 5.74) is 4.61. The van der Waals surface area contributed by atoms with Crippen LogP contribution in [0.3, 0.4) is 0 Å². The molecule has 0 fully saturated rings. The van der Waals surface area contributed by atoms with E-state index in [1.807, 2.05) is 19.1 Å². The first-order chi connectivity index (χ1) is 13.8. The van der Waals surface area contributed by atoms with Crippen molar-refractivity contribution in [3.05, 3.63) is 69.7 Å². The maximum absolute atomic E-state index is 13.1. The number of rotatable bonds is 9. The number of halogens is 1. The molecule has 0 aliphatic rings. The first kappa shape index (κ1) is 23.3. The van der Waals surface area contributed by atoms with E-state index in [4.69, 9.17) is 11.6 Å². The zero-order chi connectivity index (χ0) is 21.4. The van der Waals surface area contributed by atoms with Gasteiger partial charge in [0.2, 0.25) is 11.8 Å². The van der Waals surface area contributed by atoms with Gasteiger partial charge in [-0.2, -0.15) is 0 Å². The van der Waals surface area contributed by atoms with Crippen LogP contribution in [0.2, 0.25) is 5.02 Å². The second-order valence-corrected chi connectivity index (χ2v) is 8.60. The average molecular weight is 433 g/mol. The molecule has 0 heterocycles. The number of thioether (sulfide) groups is 1. The molecule has 4 nitrogen and oxygen atoms in total. The second-order valence-electron chi connectivity index (χ2n) is 7.18. The molecule has 1 unspecified atom stereocenters. The van der Waals surface area contributed by atoms with Crippen LogP contribution in [0.5, 0.6) is 0 Å². The highest BCUT2D eigenvalue weighted by Gasteiger charge is 2.27. The number of hydrogen-bond acceptors (Lipinski definition) is 3. The lowest BCUT2D eigenvalue weighted by Gasteiger charge is -2.30. The lowest BCUT2D eigenvalue weighted by Crippen LogP contribution is -2.48. The van der Waals surface area contributed by atoms with Gasteiger partial charge in [0.15, 0.2) is 0 Å². The Morgan fingerprint density at radius 1 is 1.07 bits per heavy atom. The number of nitrogens with one attached hydrogen (secondary N) is 1. The lowest BCUT2D eigenvalue weighted by molar-refractivity contribution is -0.139. The van der Waals surface area contributed by atoms with Crippen LogP contribution >= 0.6 is 23.4 Å². The minimum Gasteiger partial charge on any atom is -0.357 e. The summed E-state index contributed by atoms with van der Waals surface area (Å²) >= 11 is 7.55. The SMILES string of the molecule is CCC(C(=O)NC)N(Cc1ccc(Cl)cc1)C(=O)CSCc1cc(C)cc(C)c1. The van der Waals surface area contributed by atoms with Gasteiger partial charge in [-0.05, 0) is 43.5 Å². The van der Waals surface area contributed by atoms with Crippen LogP contribution in [0.4, 0.5) is 0 Å². The normalized spacial score (nSPS) is 11.8. The van der Waals surface area contributed by atoms with E-state index in [1.165, 1.54) is 16.7 Å². The Labute approximate surface area is 183 Å². The second kappa shape index (κ2) is 11.3. The highest BCUT2D eigenvalue weighted by atomic mass is 35.5. The van der Waals surface area contributed by atoms with E-state index in [0.29, 0.717) is 23.7 Å². The fraction of sp³-hybridized carbons (Fsp3) is 0.391. The molecule has 0 aliphatic heterocycles. The van der Waals surface area contributed by atoms with Crippen LogP contribution in [0, 0.1) is 13.8 Å². The standard InChI is InChI=1S/C23H29ClN2O2S/c1-5-21(23(28)25-4)26(13-18-6-8-20(24)9-7-18)22(27)15-29-14-19-11-16(2)10-17(3)12-19/h6-12,21H,5,13-15H2,1-4H3,(H,25,28). The van der Waals surface area contributed by atoms with Gasteiger partial charge in [0, 0.05) is 24.4 Å². The van der Waals surface area contributed by atoms with Gasteiger partial charge in [-0.15, -0.1) is 11.8 Å². The fourth-order valence-corrected chi connectivity index (χ4v) is 4.33. The lowest BCUT2D eigenvalue weighted by atomic mass is 10.1. The minimum atomic E-state index is -0.495. The summed E-state index contributed by atoms with van der Waals surface area (Å²) in [6.45, 7) is 6.46. The number of carbonyl (C=O) groups excluding carboxylic acids is 2. The van der Waals surface area contributed by atoms with E-state index in [0.717, 1.165) is 11.3 Å². The van der Waals surface area contributed by atoms with Gasteiger partial charge in [-0.3, -0.25) is 9.59 Å². The van der Waals surface area contributed by atoms with E-state index in [9.17, 15) is 9.59 Å². The smallest absolute Gasteiger partial charge is 0.242 e. The minimum absolute atomic E-state index is 0.0372. The molecule has 2 aromatic carbocycles. The molecule has 0 radical (unpaired) electrons. The molecular formula is C23H29ClN2O2S. The Morgan fingerprint density at radius 2 is 1.69 bits per heavy atom. The molecule has 0 aromatic heterocycles. The number of benzene rings is 2. The van der Waals surface area contributed by atoms with Crippen LogP contribution in [-0.2, 0) is 21.9 Å². The maximum Gasteiger partial charge on any atom is 0.242 e. The third-order valence-electron chi connectivity index (χ3n) is 4.67. The van der Waals surface area contributed by atoms with E-state index >= 15 is 0 Å². The summed E-state index contributed by atoms with van der Waals surface area (Å²) in [7, 11) is 1.60. The summed E-state index contributed by atoms with van der Waals surface area (Å²) in [6, 6.07) is 13.3. The van der Waals surface area contributed by atoms with Crippen molar-refractivity contribution >= 4 is 35.2 Å². The number of aryl methyl sites for hydroxylation is 2. The zero-order valence-electron chi connectivity index (χ0n) is 17.5. The molecule has 2 aromatic rings. The van der Waals surface area contributed by atoms with Crippen molar-refractivity contribution < 1.29 is 9.59 Å². The van der Waals surface area contributed by atoms with Crippen LogP contribution in [0.15, 0.2) is 42.5 Å². The quantitative estimate of drug-likeness (QED) is 0.622. The summed E-state index contributed by atoms with van der Waals surface area (Å²) in [5, 5.41) is 3.33. The number of hydrogen-bond donors (Lipinski definition) is 1. The molecule has 0 saturated heterocycles. The van der Waals surface area contributed by atoms with Crippen LogP contribution in [-0.4, -0.2) is 35.6 Å². The van der Waals surface area contributed by atoms with Gasteiger partial charge >= 0.3 is 0 Å². The van der Waals surface area contributed by atoms with Gasteiger partial charge in [0.25, 0.3) is 0 Å². The van der Waals surface area contributed by atoms with Crippen LogP contribution in [0.1, 0.15) is 35.6 Å². The molecule has 0 spiro atoms. The number of carbonyl (C=O) groups is 2. The fourth-order valence-electron chi connectivity index (χ4n) is 3.36. The molecule has 29 heavy (non-hydrogen) atoms. The highest BCUT2D eigenvalue weighted by molar-refractivity contribution is 7.99. The maximum atomic E-state index is 13.1. The molecule has 6 heteroatoms. The Balaban J connectivity index is 2.10. The molecule has 0 aliphatic carbocycles. The monoisotopic (exact) mass is 432 g/mol. The Morgan fingerprint density at radius 3 is 2.24 bits per heavy atom. The van der Waals surface area contributed by atoms with Gasteiger partial charge in [-0.1, -0.05) is 60.0 Å². The largest absolute Gasteiger partial charge is 0.357 e. The van der Waals surface area contributed by atoms with Crippen molar-refractivity contribution in [3.63, 3.8) is 0 Å². The third kappa shape index (κ3) is 7.09. The van der Waals surface area contributed by atoms with E-state index in [-0.39, 0.29) is 11.8 Å². The van der Waals surface area contributed by atoms with E-state index in [2.05, 4.69) is 37.4 Å². The first-order valence-electron chi connectivity index (χ1n) is 9.74. The molecule has 2 amide bonds. The predicted octanol–water partition coefficient (Wildman–Crippen LogP) is 4.74. The molecule has 0 saturated carbocycles. The van der Waals surface area contributed by atoms with Crippen molar-refractivity contribution in [2.45, 2.75) is 45.5 Å². The van der Waals surface area contributed by atoms with Crippen molar-refractivity contribution in [2.24, 2.45) is 0 Å². The summed E-state index contributed by atoms with van der Waals surface area (Å²) in [6.07, 6.45) is 0.556. The van der Waals surface area contributed by atoms with Crippen molar-refractivity contribution in [1.82, 2.24) is 10.2 Å². The molecule has 1 N–H and O–H groups in total. The topological polar surface area (TPSA) is 49.4 Å². The first-order valence-corrected chi connectivity index (χ1v) is 11.3.